The van der Waals surface area contributed by atoms with Crippen molar-refractivity contribution in [3.05, 3.63) is 58.6 Å². The van der Waals surface area contributed by atoms with Gasteiger partial charge in [0, 0.05) is 0 Å². The minimum absolute atomic E-state index is 0.213. The van der Waals surface area contributed by atoms with Gasteiger partial charge in [0.2, 0.25) is 5.24 Å². The number of anilines is 1. The van der Waals surface area contributed by atoms with E-state index in [2.05, 4.69) is 0 Å². The van der Waals surface area contributed by atoms with Gasteiger partial charge in [0.05, 0.1) is 21.2 Å². The summed E-state index contributed by atoms with van der Waals surface area (Å²) in [5, 5.41) is -1.35. The van der Waals surface area contributed by atoms with Crippen LogP contribution in [0.15, 0.2) is 47.4 Å². The Morgan fingerprint density at radius 3 is 2.19 bits per heavy atom. The topological polar surface area (TPSA) is 54.5 Å². The summed E-state index contributed by atoms with van der Waals surface area (Å²) in [5.41, 5.74) is -0.819. The summed E-state index contributed by atoms with van der Waals surface area (Å²) in [7, 11) is -4.37. The predicted molar refractivity (Wildman–Crippen MR) is 93.0 cm³/mol. The monoisotopic (exact) mass is 425 g/mol. The molecule has 0 aromatic heterocycles. The maximum Gasteiger partial charge on any atom is 0.416 e. The lowest BCUT2D eigenvalue weighted by Crippen LogP contribution is -2.35. The van der Waals surface area contributed by atoms with Crippen LogP contribution >= 0.6 is 23.2 Å². The lowest BCUT2D eigenvalue weighted by molar-refractivity contribution is -0.137. The largest absolute Gasteiger partial charge is 0.416 e. The van der Waals surface area contributed by atoms with Crippen LogP contribution in [0.4, 0.5) is 18.9 Å². The van der Waals surface area contributed by atoms with E-state index in [0.29, 0.717) is 16.4 Å². The summed E-state index contributed by atoms with van der Waals surface area (Å²) in [6.07, 6.45) is -4.72. The summed E-state index contributed by atoms with van der Waals surface area (Å²) >= 11 is 11.2. The van der Waals surface area contributed by atoms with Gasteiger partial charge in [0.25, 0.3) is 10.0 Å². The zero-order chi connectivity index (χ0) is 19.7. The zero-order valence-corrected chi connectivity index (χ0v) is 15.5. The Morgan fingerprint density at radius 2 is 1.69 bits per heavy atom. The Bertz CT molecular complexity index is 929. The number of carbonyl (C=O) groups excluding carboxylic acids is 1. The molecule has 0 atom stereocenters. The first kappa shape index (κ1) is 20.5. The average Bonchev–Trinajstić information content (AvgIpc) is 2.52. The molecule has 0 aliphatic rings. The first-order valence-corrected chi connectivity index (χ1v) is 9.27. The van der Waals surface area contributed by atoms with Gasteiger partial charge in [-0.2, -0.15) is 13.2 Å². The Balaban J connectivity index is 2.65. The molecule has 0 N–H and O–H groups in total. The molecule has 0 aliphatic heterocycles. The van der Waals surface area contributed by atoms with Crippen LogP contribution in [0.25, 0.3) is 0 Å². The van der Waals surface area contributed by atoms with E-state index in [9.17, 15) is 26.4 Å². The Kier molecular flexibility index (Phi) is 5.89. The Hall–Kier alpha value is -1.77. The summed E-state index contributed by atoms with van der Waals surface area (Å²) < 4.78 is 65.2. The van der Waals surface area contributed by atoms with Gasteiger partial charge in [0.15, 0.2) is 0 Å². The third kappa shape index (κ3) is 4.49. The van der Waals surface area contributed by atoms with Crippen molar-refractivity contribution in [2.24, 2.45) is 0 Å². The molecule has 140 valence electrons. The van der Waals surface area contributed by atoms with Crippen LogP contribution < -0.4 is 4.31 Å². The molecule has 0 saturated heterocycles. The van der Waals surface area contributed by atoms with Gasteiger partial charge in [0.1, 0.15) is 6.54 Å². The van der Waals surface area contributed by atoms with E-state index in [1.165, 1.54) is 24.3 Å². The molecule has 26 heavy (non-hydrogen) atoms. The Morgan fingerprint density at radius 1 is 1.12 bits per heavy atom. The predicted octanol–water partition coefficient (Wildman–Crippen LogP) is 4.63. The molecule has 0 saturated carbocycles. The van der Waals surface area contributed by atoms with Gasteiger partial charge in [-0.05, 0) is 48.9 Å². The summed E-state index contributed by atoms with van der Waals surface area (Å²) in [6.45, 7) is 0.860. The van der Waals surface area contributed by atoms with Crippen molar-refractivity contribution in [2.75, 3.05) is 10.8 Å². The second-order valence-corrected chi connectivity index (χ2v) is 8.03. The molecule has 0 spiro atoms. The van der Waals surface area contributed by atoms with E-state index in [4.69, 9.17) is 23.2 Å². The van der Waals surface area contributed by atoms with E-state index < -0.39 is 39.2 Å². The van der Waals surface area contributed by atoms with E-state index in [1.807, 2.05) is 0 Å². The molecule has 0 fully saturated rings. The molecule has 2 aromatic rings. The summed E-state index contributed by atoms with van der Waals surface area (Å²) in [5.74, 6) is 0. The second-order valence-electron chi connectivity index (χ2n) is 5.34. The first-order valence-electron chi connectivity index (χ1n) is 7.07. The van der Waals surface area contributed by atoms with Crippen molar-refractivity contribution in [1.82, 2.24) is 0 Å². The molecular weight excluding hydrogens is 414 g/mol. The summed E-state index contributed by atoms with van der Waals surface area (Å²) in [4.78, 5) is 11.1. The fourth-order valence-corrected chi connectivity index (χ4v) is 4.02. The molecule has 0 amide bonds. The van der Waals surface area contributed by atoms with Crippen LogP contribution in [-0.2, 0) is 21.0 Å². The number of nitrogens with zero attached hydrogens (tertiary/aromatic N) is 1. The van der Waals surface area contributed by atoms with Crippen LogP contribution in [-0.4, -0.2) is 20.2 Å². The number of sulfonamides is 1. The highest BCUT2D eigenvalue weighted by Crippen LogP contribution is 2.37. The van der Waals surface area contributed by atoms with Crippen LogP contribution in [0.3, 0.4) is 0 Å². The van der Waals surface area contributed by atoms with Crippen LogP contribution in [0.1, 0.15) is 11.1 Å². The molecule has 0 unspecified atom stereocenters. The van der Waals surface area contributed by atoms with Crippen molar-refractivity contribution >= 4 is 44.2 Å². The standard InChI is InChI=1S/C16H12Cl2F3NO3S/c1-10-2-5-12(6-3-10)26(24,25)22(9-15(18)23)14-8-11(16(19,20)21)4-7-13(14)17/h2-8H,9H2,1H3. The van der Waals surface area contributed by atoms with Crippen molar-refractivity contribution in [1.29, 1.82) is 0 Å². The van der Waals surface area contributed by atoms with E-state index in [1.54, 1.807) is 6.92 Å². The minimum Gasteiger partial charge on any atom is -0.279 e. The number of halogens is 5. The SMILES string of the molecule is Cc1ccc(S(=O)(=O)N(CC(=O)Cl)c2cc(C(F)(F)F)ccc2Cl)cc1. The van der Waals surface area contributed by atoms with Crippen molar-refractivity contribution in [3.63, 3.8) is 0 Å². The maximum absolute atomic E-state index is 13.0. The number of aryl methyl sites for hydroxylation is 1. The zero-order valence-electron chi connectivity index (χ0n) is 13.2. The molecule has 0 heterocycles. The number of alkyl halides is 3. The maximum atomic E-state index is 13.0. The fourth-order valence-electron chi connectivity index (χ4n) is 2.13. The lowest BCUT2D eigenvalue weighted by atomic mass is 10.2. The highest BCUT2D eigenvalue weighted by molar-refractivity contribution is 7.92. The molecule has 0 radical (unpaired) electrons. The normalized spacial score (nSPS) is 12.1. The number of hydrogen-bond acceptors (Lipinski definition) is 3. The van der Waals surface area contributed by atoms with E-state index >= 15 is 0 Å². The molecular formula is C16H12Cl2F3NO3S. The first-order chi connectivity index (χ1) is 11.9. The van der Waals surface area contributed by atoms with Crippen LogP contribution in [0, 0.1) is 6.92 Å². The number of benzene rings is 2. The highest BCUT2D eigenvalue weighted by Gasteiger charge is 2.34. The molecule has 4 nitrogen and oxygen atoms in total. The molecule has 2 rings (SSSR count). The van der Waals surface area contributed by atoms with Gasteiger partial charge in [-0.15, -0.1) is 0 Å². The minimum atomic E-state index is -4.72. The van der Waals surface area contributed by atoms with Crippen molar-refractivity contribution in [2.45, 2.75) is 18.0 Å². The smallest absolute Gasteiger partial charge is 0.279 e. The Labute approximate surface area is 158 Å². The van der Waals surface area contributed by atoms with Crippen LogP contribution in [0.5, 0.6) is 0 Å². The van der Waals surface area contributed by atoms with Gasteiger partial charge in [-0.3, -0.25) is 9.10 Å². The third-order valence-electron chi connectivity index (χ3n) is 3.42. The van der Waals surface area contributed by atoms with Gasteiger partial charge in [-0.25, -0.2) is 8.42 Å². The van der Waals surface area contributed by atoms with Gasteiger partial charge >= 0.3 is 6.18 Å². The third-order valence-corrected chi connectivity index (χ3v) is 5.63. The van der Waals surface area contributed by atoms with Crippen molar-refractivity contribution in [3.8, 4) is 0 Å². The molecule has 10 heteroatoms. The van der Waals surface area contributed by atoms with E-state index in [0.717, 1.165) is 11.6 Å². The molecule has 2 aromatic carbocycles. The highest BCUT2D eigenvalue weighted by atomic mass is 35.5. The number of carbonyl (C=O) groups is 1. The number of hydrogen-bond donors (Lipinski definition) is 0. The van der Waals surface area contributed by atoms with Gasteiger partial charge < -0.3 is 0 Å². The lowest BCUT2D eigenvalue weighted by Gasteiger charge is -2.25. The second kappa shape index (κ2) is 7.46. The van der Waals surface area contributed by atoms with Crippen molar-refractivity contribution < 1.29 is 26.4 Å². The average molecular weight is 426 g/mol. The van der Waals surface area contributed by atoms with Gasteiger partial charge in [-0.1, -0.05) is 29.3 Å². The quantitative estimate of drug-likeness (QED) is 0.656. The summed E-state index contributed by atoms with van der Waals surface area (Å²) in [6, 6.07) is 7.77. The fraction of sp³-hybridized carbons (Fsp3) is 0.188. The van der Waals surface area contributed by atoms with E-state index in [-0.39, 0.29) is 9.92 Å². The molecule has 0 bridgehead atoms. The van der Waals surface area contributed by atoms with Crippen LogP contribution in [0.2, 0.25) is 5.02 Å². The number of rotatable bonds is 5. The molecule has 0 aliphatic carbocycles.